The molecule has 10 heavy (non-hydrogen) atoms. The fourth-order valence-corrected chi connectivity index (χ4v) is 1.84. The summed E-state index contributed by atoms with van der Waals surface area (Å²) in [7, 11) is 0. The average Bonchev–Trinajstić information content (AvgIpc) is 1.88. The van der Waals surface area contributed by atoms with E-state index in [4.69, 9.17) is 0 Å². The predicted molar refractivity (Wildman–Crippen MR) is 39.4 cm³/mol. The molecule has 0 saturated carbocycles. The predicted octanol–water partition coefficient (Wildman–Crippen LogP) is 0.00760. The van der Waals surface area contributed by atoms with Gasteiger partial charge in [0.15, 0.2) is 0 Å². The monoisotopic (exact) mass is 162 g/mol. The van der Waals surface area contributed by atoms with Crippen LogP contribution in [0.2, 0.25) is 0 Å². The van der Waals surface area contributed by atoms with Gasteiger partial charge in [-0.3, -0.25) is 4.21 Å². The molecule has 2 unspecified atom stereocenters. The minimum Gasteiger partial charge on any atom is -0.772 e. The van der Waals surface area contributed by atoms with Gasteiger partial charge in [-0.15, -0.1) is 0 Å². The van der Waals surface area contributed by atoms with E-state index < -0.39 is 11.1 Å². The molecule has 0 amide bonds. The summed E-state index contributed by atoms with van der Waals surface area (Å²) in [5, 5.41) is 3.16. The van der Waals surface area contributed by atoms with Crippen molar-refractivity contribution in [2.75, 3.05) is 12.3 Å². The van der Waals surface area contributed by atoms with Crippen LogP contribution in [-0.2, 0) is 11.1 Å². The molecule has 1 aliphatic rings. The number of piperidine rings is 1. The van der Waals surface area contributed by atoms with Gasteiger partial charge >= 0.3 is 0 Å². The molecule has 1 aliphatic heterocycles. The molecule has 60 valence electrons. The summed E-state index contributed by atoms with van der Waals surface area (Å²) in [6.45, 7) is 0.974. The van der Waals surface area contributed by atoms with Crippen molar-refractivity contribution in [2.45, 2.75) is 25.3 Å². The molecule has 0 aliphatic carbocycles. The lowest BCUT2D eigenvalue weighted by Crippen LogP contribution is -2.37. The molecule has 1 heterocycles. The van der Waals surface area contributed by atoms with Gasteiger partial charge in [0.05, 0.1) is 0 Å². The molecular formula is C6H12NO2S-. The van der Waals surface area contributed by atoms with Crippen LogP contribution in [0.1, 0.15) is 19.3 Å². The minimum atomic E-state index is -1.88. The van der Waals surface area contributed by atoms with E-state index in [9.17, 15) is 8.76 Å². The van der Waals surface area contributed by atoms with E-state index >= 15 is 0 Å². The third-order valence-corrected chi connectivity index (χ3v) is 2.42. The molecule has 0 bridgehead atoms. The second-order valence-electron chi connectivity index (χ2n) is 2.62. The van der Waals surface area contributed by atoms with Crippen molar-refractivity contribution in [3.8, 4) is 0 Å². The van der Waals surface area contributed by atoms with Crippen LogP contribution in [-0.4, -0.2) is 27.1 Å². The average molecular weight is 162 g/mol. The summed E-state index contributed by atoms with van der Waals surface area (Å²) in [5.41, 5.74) is 0. The van der Waals surface area contributed by atoms with Crippen LogP contribution in [0.5, 0.6) is 0 Å². The molecule has 1 fully saturated rings. The van der Waals surface area contributed by atoms with Gasteiger partial charge in [0, 0.05) is 11.8 Å². The van der Waals surface area contributed by atoms with Crippen LogP contribution < -0.4 is 5.32 Å². The smallest absolute Gasteiger partial charge is 0.0256 e. The highest BCUT2D eigenvalue weighted by Gasteiger charge is 2.11. The fraction of sp³-hybridized carbons (Fsp3) is 1.00. The molecule has 4 heteroatoms. The third kappa shape index (κ3) is 2.77. The lowest BCUT2D eigenvalue weighted by atomic mass is 10.1. The van der Waals surface area contributed by atoms with E-state index in [1.165, 1.54) is 6.42 Å². The van der Waals surface area contributed by atoms with Crippen molar-refractivity contribution in [3.63, 3.8) is 0 Å². The Morgan fingerprint density at radius 1 is 1.60 bits per heavy atom. The molecule has 3 nitrogen and oxygen atoms in total. The van der Waals surface area contributed by atoms with Gasteiger partial charge in [-0.1, -0.05) is 17.5 Å². The molecule has 0 aromatic carbocycles. The zero-order valence-corrected chi connectivity index (χ0v) is 6.65. The maximum absolute atomic E-state index is 10.2. The van der Waals surface area contributed by atoms with Crippen molar-refractivity contribution < 1.29 is 8.76 Å². The lowest BCUT2D eigenvalue weighted by molar-refractivity contribution is 0.419. The van der Waals surface area contributed by atoms with Gasteiger partial charge in [-0.05, 0) is 19.4 Å². The first-order valence-corrected chi connectivity index (χ1v) is 4.82. The topological polar surface area (TPSA) is 52.2 Å². The molecule has 1 N–H and O–H groups in total. The lowest BCUT2D eigenvalue weighted by Gasteiger charge is -2.23. The van der Waals surface area contributed by atoms with Crippen LogP contribution >= 0.6 is 0 Å². The Balaban J connectivity index is 2.19. The summed E-state index contributed by atoms with van der Waals surface area (Å²) in [5.74, 6) is 0.278. The van der Waals surface area contributed by atoms with Gasteiger partial charge in [-0.25, -0.2) is 0 Å². The quantitative estimate of drug-likeness (QED) is 0.582. The first-order valence-electron chi connectivity index (χ1n) is 3.58. The Hall–Kier alpha value is 0.0700. The second kappa shape index (κ2) is 4.05. The summed E-state index contributed by atoms with van der Waals surface area (Å²) < 4.78 is 20.5. The normalized spacial score (nSPS) is 29.9. The zero-order chi connectivity index (χ0) is 7.40. The van der Waals surface area contributed by atoms with E-state index in [1.807, 2.05) is 0 Å². The van der Waals surface area contributed by atoms with Gasteiger partial charge < -0.3 is 9.87 Å². The molecule has 1 rings (SSSR count). The zero-order valence-electron chi connectivity index (χ0n) is 5.84. The van der Waals surface area contributed by atoms with Crippen LogP contribution in [0.4, 0.5) is 0 Å². The summed E-state index contributed by atoms with van der Waals surface area (Å²) in [6.07, 6.45) is 3.35. The number of nitrogens with one attached hydrogen (secondary N) is 1. The number of rotatable bonds is 2. The Kier molecular flexibility index (Phi) is 3.31. The van der Waals surface area contributed by atoms with Crippen LogP contribution in [0, 0.1) is 0 Å². The summed E-state index contributed by atoms with van der Waals surface area (Å²) >= 11 is -1.88. The van der Waals surface area contributed by atoms with E-state index in [0.717, 1.165) is 19.4 Å². The van der Waals surface area contributed by atoms with Crippen LogP contribution in [0.15, 0.2) is 0 Å². The molecule has 0 aromatic rings. The first kappa shape index (κ1) is 8.17. The molecule has 2 atom stereocenters. The third-order valence-electron chi connectivity index (χ3n) is 1.75. The van der Waals surface area contributed by atoms with E-state index in [0.29, 0.717) is 0 Å². The van der Waals surface area contributed by atoms with E-state index in [-0.39, 0.29) is 11.8 Å². The van der Waals surface area contributed by atoms with Gasteiger partial charge in [0.25, 0.3) is 0 Å². The Bertz CT molecular complexity index is 123. The van der Waals surface area contributed by atoms with Crippen molar-refractivity contribution in [3.05, 3.63) is 0 Å². The molecular weight excluding hydrogens is 150 g/mol. The highest BCUT2D eigenvalue weighted by Crippen LogP contribution is 2.06. The maximum Gasteiger partial charge on any atom is 0.0256 e. The largest absolute Gasteiger partial charge is 0.772 e. The van der Waals surface area contributed by atoms with E-state index in [2.05, 4.69) is 5.32 Å². The fourth-order valence-electron chi connectivity index (χ4n) is 1.23. The molecule has 0 radical (unpaired) electrons. The SMILES string of the molecule is O=S([O-])CC1CCCCN1. The van der Waals surface area contributed by atoms with Crippen molar-refractivity contribution in [1.82, 2.24) is 5.32 Å². The van der Waals surface area contributed by atoms with Crippen molar-refractivity contribution in [1.29, 1.82) is 0 Å². The Morgan fingerprint density at radius 2 is 2.40 bits per heavy atom. The van der Waals surface area contributed by atoms with Crippen molar-refractivity contribution in [2.24, 2.45) is 0 Å². The number of hydrogen-bond acceptors (Lipinski definition) is 3. The van der Waals surface area contributed by atoms with E-state index in [1.54, 1.807) is 0 Å². The highest BCUT2D eigenvalue weighted by molar-refractivity contribution is 7.79. The summed E-state index contributed by atoms with van der Waals surface area (Å²) in [4.78, 5) is 0. The van der Waals surface area contributed by atoms with Gasteiger partial charge in [0.1, 0.15) is 0 Å². The Labute approximate surface area is 63.5 Å². The number of hydrogen-bond donors (Lipinski definition) is 1. The molecule has 0 spiro atoms. The first-order chi connectivity index (χ1) is 4.79. The van der Waals surface area contributed by atoms with Crippen molar-refractivity contribution >= 4 is 11.1 Å². The maximum atomic E-state index is 10.2. The second-order valence-corrected chi connectivity index (χ2v) is 3.56. The van der Waals surface area contributed by atoms with Gasteiger partial charge in [-0.2, -0.15) is 0 Å². The molecule has 1 saturated heterocycles. The standard InChI is InChI=1S/C6H13NO2S/c8-10(9)5-6-3-1-2-4-7-6/h6-7H,1-5H2,(H,8,9)/p-1. The Morgan fingerprint density at radius 3 is 2.90 bits per heavy atom. The van der Waals surface area contributed by atoms with Crippen LogP contribution in [0.3, 0.4) is 0 Å². The highest BCUT2D eigenvalue weighted by atomic mass is 32.2. The van der Waals surface area contributed by atoms with Gasteiger partial charge in [0.2, 0.25) is 0 Å². The summed E-state index contributed by atoms with van der Waals surface area (Å²) in [6, 6.07) is 0.215. The van der Waals surface area contributed by atoms with Crippen LogP contribution in [0.25, 0.3) is 0 Å². The minimum absolute atomic E-state index is 0.215. The molecule has 0 aromatic heterocycles.